The van der Waals surface area contributed by atoms with E-state index >= 15 is 0 Å². The summed E-state index contributed by atoms with van der Waals surface area (Å²) in [5.74, 6) is 5.96. The number of fused-ring (bicyclic) bond motifs is 1. The van der Waals surface area contributed by atoms with E-state index in [1.54, 1.807) is 23.8 Å². The quantitative estimate of drug-likeness (QED) is 0.470. The van der Waals surface area contributed by atoms with Gasteiger partial charge in [-0.05, 0) is 37.8 Å². The number of benzene rings is 1. The molecule has 1 aromatic carbocycles. The largest absolute Gasteiger partial charge is 0.383 e. The van der Waals surface area contributed by atoms with Crippen LogP contribution in [0.2, 0.25) is 0 Å². The monoisotopic (exact) mass is 456 g/mol. The van der Waals surface area contributed by atoms with E-state index < -0.39 is 0 Å². The van der Waals surface area contributed by atoms with Gasteiger partial charge in [-0.3, -0.25) is 9.59 Å². The Morgan fingerprint density at radius 3 is 2.71 bits per heavy atom. The molecule has 1 saturated heterocycles. The highest BCUT2D eigenvalue weighted by Gasteiger charge is 2.37. The first kappa shape index (κ1) is 23.1. The summed E-state index contributed by atoms with van der Waals surface area (Å²) in [4.78, 5) is 38.2. The van der Waals surface area contributed by atoms with Crippen LogP contribution in [-0.2, 0) is 11.3 Å². The average molecular weight is 457 g/mol. The first-order chi connectivity index (χ1) is 16.4. The van der Waals surface area contributed by atoms with E-state index in [0.29, 0.717) is 41.8 Å². The number of carbonyl (C=O) groups excluding carboxylic acids is 2. The van der Waals surface area contributed by atoms with E-state index in [2.05, 4.69) is 28.4 Å². The zero-order valence-electron chi connectivity index (χ0n) is 19.7. The molecule has 0 radical (unpaired) electrons. The fourth-order valence-corrected chi connectivity index (χ4v) is 4.70. The Kier molecular flexibility index (Phi) is 6.37. The molecule has 2 aromatic heterocycles. The standard InChI is InChI=1S/C26H28N6O2/c1-5-10-20-22(26(34)30(4)14-18-11-8-7-9-12-18)23-24(27)28-16-29-25(23)32(20)19-13-17(3)31(15-19)21(33)6-2/h6-9,11-12,16-17,19H,2,13-15H2,1,3-4H3,(H2,27,28,29). The summed E-state index contributed by atoms with van der Waals surface area (Å²) < 4.78 is 1.96. The van der Waals surface area contributed by atoms with Crippen molar-refractivity contribution in [3.05, 3.63) is 66.1 Å². The molecule has 2 atom stereocenters. The molecule has 2 unspecified atom stereocenters. The Morgan fingerprint density at radius 2 is 2.03 bits per heavy atom. The van der Waals surface area contributed by atoms with Gasteiger partial charge in [-0.2, -0.15) is 0 Å². The van der Waals surface area contributed by atoms with Gasteiger partial charge in [-0.25, -0.2) is 9.97 Å². The van der Waals surface area contributed by atoms with Gasteiger partial charge >= 0.3 is 0 Å². The lowest BCUT2D eigenvalue weighted by atomic mass is 10.1. The molecule has 2 N–H and O–H groups in total. The SMILES string of the molecule is C=CC(=O)N1CC(n2c(C#CC)c(C(=O)N(C)Cc3ccccc3)c3c(N)ncnc32)CC1C. The molecule has 0 bridgehead atoms. The zero-order valence-corrected chi connectivity index (χ0v) is 19.7. The molecule has 8 heteroatoms. The Hall–Kier alpha value is -4.12. The molecule has 174 valence electrons. The third kappa shape index (κ3) is 4.01. The second-order valence-corrected chi connectivity index (χ2v) is 8.51. The Morgan fingerprint density at radius 1 is 1.29 bits per heavy atom. The van der Waals surface area contributed by atoms with Crippen LogP contribution >= 0.6 is 0 Å². The van der Waals surface area contributed by atoms with Gasteiger partial charge in [0, 0.05) is 26.2 Å². The summed E-state index contributed by atoms with van der Waals surface area (Å²) in [6.45, 7) is 8.24. The number of rotatable bonds is 5. The summed E-state index contributed by atoms with van der Waals surface area (Å²) in [7, 11) is 1.75. The molecule has 0 spiro atoms. The lowest BCUT2D eigenvalue weighted by molar-refractivity contribution is -0.126. The number of nitrogens with two attached hydrogens (primary N) is 1. The molecule has 3 heterocycles. The van der Waals surface area contributed by atoms with E-state index in [1.165, 1.54) is 12.4 Å². The number of hydrogen-bond donors (Lipinski definition) is 1. The third-order valence-corrected chi connectivity index (χ3v) is 6.25. The summed E-state index contributed by atoms with van der Waals surface area (Å²) in [5.41, 5.74) is 8.78. The lowest BCUT2D eigenvalue weighted by Crippen LogP contribution is -2.32. The van der Waals surface area contributed by atoms with Gasteiger partial charge < -0.3 is 20.1 Å². The van der Waals surface area contributed by atoms with Gasteiger partial charge in [0.15, 0.2) is 0 Å². The van der Waals surface area contributed by atoms with Crippen LogP contribution in [0.25, 0.3) is 11.0 Å². The topological polar surface area (TPSA) is 97.4 Å². The summed E-state index contributed by atoms with van der Waals surface area (Å²) >= 11 is 0. The Bertz CT molecular complexity index is 1320. The van der Waals surface area contributed by atoms with Gasteiger partial charge in [0.2, 0.25) is 5.91 Å². The van der Waals surface area contributed by atoms with E-state index in [4.69, 9.17) is 5.73 Å². The minimum absolute atomic E-state index is 0.00877. The van der Waals surface area contributed by atoms with Crippen LogP contribution in [0.3, 0.4) is 0 Å². The second kappa shape index (κ2) is 9.40. The predicted octanol–water partition coefficient (Wildman–Crippen LogP) is 3.01. The van der Waals surface area contributed by atoms with Crippen LogP contribution in [0.15, 0.2) is 49.3 Å². The first-order valence-electron chi connectivity index (χ1n) is 11.2. The number of anilines is 1. The molecule has 4 rings (SSSR count). The summed E-state index contributed by atoms with van der Waals surface area (Å²) in [6.07, 6.45) is 3.41. The normalized spacial score (nSPS) is 17.3. The smallest absolute Gasteiger partial charge is 0.257 e. The number of nitrogens with zero attached hydrogens (tertiary/aromatic N) is 5. The van der Waals surface area contributed by atoms with Gasteiger partial charge in [-0.1, -0.05) is 42.8 Å². The predicted molar refractivity (Wildman–Crippen MR) is 132 cm³/mol. The van der Waals surface area contributed by atoms with Crippen molar-refractivity contribution in [1.29, 1.82) is 0 Å². The molecule has 1 aliphatic rings. The fourth-order valence-electron chi connectivity index (χ4n) is 4.70. The molecule has 8 nitrogen and oxygen atoms in total. The minimum Gasteiger partial charge on any atom is -0.383 e. The highest BCUT2D eigenvalue weighted by Crippen LogP contribution is 2.36. The van der Waals surface area contributed by atoms with Crippen LogP contribution in [0.5, 0.6) is 0 Å². The number of likely N-dealkylation sites (tertiary alicyclic amines) is 1. The van der Waals surface area contributed by atoms with E-state index in [-0.39, 0.29) is 29.7 Å². The summed E-state index contributed by atoms with van der Waals surface area (Å²) in [5, 5.41) is 0.492. The molecular formula is C26H28N6O2. The van der Waals surface area contributed by atoms with Gasteiger partial charge in [0.1, 0.15) is 23.5 Å². The molecule has 1 fully saturated rings. The van der Waals surface area contributed by atoms with Crippen molar-refractivity contribution >= 4 is 28.7 Å². The van der Waals surface area contributed by atoms with Crippen LogP contribution in [0, 0.1) is 11.8 Å². The lowest BCUT2D eigenvalue weighted by Gasteiger charge is -2.20. The van der Waals surface area contributed by atoms with Crippen molar-refractivity contribution in [2.75, 3.05) is 19.3 Å². The van der Waals surface area contributed by atoms with Crippen molar-refractivity contribution in [3.63, 3.8) is 0 Å². The van der Waals surface area contributed by atoms with Crippen LogP contribution < -0.4 is 5.73 Å². The number of amides is 2. The minimum atomic E-state index is -0.211. The average Bonchev–Trinajstić information content (AvgIpc) is 3.37. The number of nitrogen functional groups attached to an aromatic ring is 1. The van der Waals surface area contributed by atoms with Gasteiger partial charge in [-0.15, -0.1) is 0 Å². The fraction of sp³-hybridized carbons (Fsp3) is 0.308. The van der Waals surface area contributed by atoms with Crippen LogP contribution in [-0.4, -0.2) is 55.8 Å². The highest BCUT2D eigenvalue weighted by molar-refractivity contribution is 6.11. The van der Waals surface area contributed by atoms with Gasteiger partial charge in [0.25, 0.3) is 5.91 Å². The molecule has 0 aliphatic carbocycles. The summed E-state index contributed by atoms with van der Waals surface area (Å²) in [6, 6.07) is 9.66. The van der Waals surface area contributed by atoms with Crippen molar-refractivity contribution < 1.29 is 9.59 Å². The van der Waals surface area contributed by atoms with E-state index in [1.807, 2.05) is 41.8 Å². The Balaban J connectivity index is 1.85. The van der Waals surface area contributed by atoms with E-state index in [0.717, 1.165) is 5.56 Å². The Labute approximate surface area is 199 Å². The molecular weight excluding hydrogens is 428 g/mol. The zero-order chi connectivity index (χ0) is 24.4. The van der Waals surface area contributed by atoms with Crippen molar-refractivity contribution in [3.8, 4) is 11.8 Å². The van der Waals surface area contributed by atoms with Crippen LogP contribution in [0.4, 0.5) is 5.82 Å². The maximum atomic E-state index is 13.8. The molecule has 34 heavy (non-hydrogen) atoms. The highest BCUT2D eigenvalue weighted by atomic mass is 16.2. The first-order valence-corrected chi connectivity index (χ1v) is 11.2. The second-order valence-electron chi connectivity index (χ2n) is 8.51. The molecule has 1 aliphatic heterocycles. The maximum Gasteiger partial charge on any atom is 0.257 e. The van der Waals surface area contributed by atoms with Gasteiger partial charge in [0.05, 0.1) is 17.0 Å². The number of aromatic nitrogens is 3. The van der Waals surface area contributed by atoms with Crippen molar-refractivity contribution in [2.45, 2.75) is 38.9 Å². The van der Waals surface area contributed by atoms with Crippen molar-refractivity contribution in [2.24, 2.45) is 0 Å². The third-order valence-electron chi connectivity index (χ3n) is 6.25. The molecule has 2 amide bonds. The molecule has 3 aromatic rings. The number of hydrogen-bond acceptors (Lipinski definition) is 5. The van der Waals surface area contributed by atoms with E-state index in [9.17, 15) is 9.59 Å². The maximum absolute atomic E-state index is 13.8. The number of carbonyl (C=O) groups is 2. The van der Waals surface area contributed by atoms with Crippen LogP contribution in [0.1, 0.15) is 47.9 Å². The molecule has 0 saturated carbocycles. The van der Waals surface area contributed by atoms with Crippen molar-refractivity contribution in [1.82, 2.24) is 24.3 Å².